The van der Waals surface area contributed by atoms with Crippen LogP contribution in [0, 0.1) is 5.82 Å². The van der Waals surface area contributed by atoms with Crippen LogP contribution in [0.2, 0.25) is 0 Å². The van der Waals surface area contributed by atoms with Gasteiger partial charge in [0.05, 0.1) is 5.56 Å². The summed E-state index contributed by atoms with van der Waals surface area (Å²) < 4.78 is 24.2. The number of thiocarbonyl (C=S) groups is 1. The molecule has 0 aliphatic rings. The molecule has 2 rings (SSSR count). The van der Waals surface area contributed by atoms with E-state index in [9.17, 15) is 4.39 Å². The SMILES string of the molecule is NC(=S)c1ccccc1OCCOc1ccccc1F. The highest BCUT2D eigenvalue weighted by Crippen LogP contribution is 2.18. The second kappa shape index (κ2) is 6.86. The van der Waals surface area contributed by atoms with E-state index in [0.717, 1.165) is 0 Å². The van der Waals surface area contributed by atoms with Gasteiger partial charge in [-0.1, -0.05) is 36.5 Å². The molecule has 5 heteroatoms. The molecule has 2 aromatic carbocycles. The maximum absolute atomic E-state index is 13.3. The van der Waals surface area contributed by atoms with Crippen molar-refractivity contribution in [2.45, 2.75) is 0 Å². The molecule has 0 atom stereocenters. The molecule has 0 heterocycles. The maximum atomic E-state index is 13.3. The van der Waals surface area contributed by atoms with Crippen molar-refractivity contribution in [2.75, 3.05) is 13.2 Å². The van der Waals surface area contributed by atoms with Crippen LogP contribution >= 0.6 is 12.2 Å². The number of halogens is 1. The summed E-state index contributed by atoms with van der Waals surface area (Å²) in [5, 5.41) is 0. The number of rotatable bonds is 6. The molecule has 3 nitrogen and oxygen atoms in total. The minimum atomic E-state index is -0.393. The van der Waals surface area contributed by atoms with Crippen molar-refractivity contribution in [3.8, 4) is 11.5 Å². The summed E-state index contributed by atoms with van der Waals surface area (Å²) in [5.74, 6) is 0.409. The molecule has 0 amide bonds. The molecule has 0 aliphatic heterocycles. The molecule has 20 heavy (non-hydrogen) atoms. The summed E-state index contributed by atoms with van der Waals surface area (Å²) in [5.41, 5.74) is 6.27. The van der Waals surface area contributed by atoms with Crippen LogP contribution in [0.3, 0.4) is 0 Å². The van der Waals surface area contributed by atoms with E-state index in [1.165, 1.54) is 6.07 Å². The summed E-state index contributed by atoms with van der Waals surface area (Å²) in [6, 6.07) is 13.5. The van der Waals surface area contributed by atoms with Crippen LogP contribution in [0.1, 0.15) is 5.56 Å². The van der Waals surface area contributed by atoms with Gasteiger partial charge >= 0.3 is 0 Å². The van der Waals surface area contributed by atoms with Crippen LogP contribution in [-0.4, -0.2) is 18.2 Å². The van der Waals surface area contributed by atoms with Gasteiger partial charge < -0.3 is 15.2 Å². The Hall–Kier alpha value is -2.14. The van der Waals surface area contributed by atoms with E-state index in [1.807, 2.05) is 12.1 Å². The first kappa shape index (κ1) is 14.3. The second-order valence-electron chi connectivity index (χ2n) is 3.99. The van der Waals surface area contributed by atoms with Gasteiger partial charge in [-0.25, -0.2) is 4.39 Å². The zero-order valence-corrected chi connectivity index (χ0v) is 11.5. The zero-order chi connectivity index (χ0) is 14.4. The summed E-state index contributed by atoms with van der Waals surface area (Å²) in [7, 11) is 0. The monoisotopic (exact) mass is 291 g/mol. The highest BCUT2D eigenvalue weighted by atomic mass is 32.1. The molecule has 0 saturated heterocycles. The Morgan fingerprint density at radius 3 is 2.15 bits per heavy atom. The number of nitrogens with two attached hydrogens (primary N) is 1. The lowest BCUT2D eigenvalue weighted by Crippen LogP contribution is -2.14. The van der Waals surface area contributed by atoms with Crippen LogP contribution in [0.5, 0.6) is 11.5 Å². The predicted octanol–water partition coefficient (Wildman–Crippen LogP) is 2.92. The lowest BCUT2D eigenvalue weighted by Gasteiger charge is -2.11. The largest absolute Gasteiger partial charge is 0.489 e. The molecule has 0 spiro atoms. The second-order valence-corrected chi connectivity index (χ2v) is 4.43. The maximum Gasteiger partial charge on any atom is 0.165 e. The number of para-hydroxylation sites is 2. The Labute approximate surface area is 122 Å². The topological polar surface area (TPSA) is 44.5 Å². The van der Waals surface area contributed by atoms with E-state index in [-0.39, 0.29) is 24.0 Å². The Morgan fingerprint density at radius 2 is 1.50 bits per heavy atom. The zero-order valence-electron chi connectivity index (χ0n) is 10.7. The van der Waals surface area contributed by atoms with E-state index in [2.05, 4.69) is 0 Å². The lowest BCUT2D eigenvalue weighted by molar-refractivity contribution is 0.211. The molecule has 0 aromatic heterocycles. The van der Waals surface area contributed by atoms with E-state index in [4.69, 9.17) is 27.4 Å². The molecule has 0 saturated carbocycles. The fourth-order valence-electron chi connectivity index (χ4n) is 1.66. The number of hydrogen-bond donors (Lipinski definition) is 1. The van der Waals surface area contributed by atoms with Crippen molar-refractivity contribution in [1.82, 2.24) is 0 Å². The lowest BCUT2D eigenvalue weighted by atomic mass is 10.2. The van der Waals surface area contributed by atoms with Crippen LogP contribution < -0.4 is 15.2 Å². The Morgan fingerprint density at radius 1 is 0.950 bits per heavy atom. The van der Waals surface area contributed by atoms with Crippen LogP contribution in [-0.2, 0) is 0 Å². The first-order valence-electron chi connectivity index (χ1n) is 6.07. The fraction of sp³-hybridized carbons (Fsp3) is 0.133. The number of benzene rings is 2. The molecule has 2 aromatic rings. The van der Waals surface area contributed by atoms with Crippen molar-refractivity contribution in [3.63, 3.8) is 0 Å². The van der Waals surface area contributed by atoms with Gasteiger partial charge in [-0.15, -0.1) is 0 Å². The number of ether oxygens (including phenoxy) is 2. The van der Waals surface area contributed by atoms with Gasteiger partial charge in [-0.2, -0.15) is 0 Å². The van der Waals surface area contributed by atoms with Gasteiger partial charge in [0.2, 0.25) is 0 Å². The van der Waals surface area contributed by atoms with Gasteiger partial charge in [0.1, 0.15) is 24.0 Å². The quantitative estimate of drug-likeness (QED) is 0.656. The first-order chi connectivity index (χ1) is 9.68. The van der Waals surface area contributed by atoms with Crippen molar-refractivity contribution < 1.29 is 13.9 Å². The van der Waals surface area contributed by atoms with Crippen LogP contribution in [0.15, 0.2) is 48.5 Å². The van der Waals surface area contributed by atoms with Crippen molar-refractivity contribution in [3.05, 3.63) is 59.9 Å². The third kappa shape index (κ3) is 3.68. The van der Waals surface area contributed by atoms with Gasteiger partial charge in [-0.05, 0) is 24.3 Å². The van der Waals surface area contributed by atoms with Crippen molar-refractivity contribution in [2.24, 2.45) is 5.73 Å². The van der Waals surface area contributed by atoms with Crippen LogP contribution in [0.4, 0.5) is 4.39 Å². The standard InChI is InChI=1S/C15H14FNO2S/c16-12-6-2-4-8-14(12)19-10-9-18-13-7-3-1-5-11(13)15(17)20/h1-8H,9-10H2,(H2,17,20). The fourth-order valence-corrected chi connectivity index (χ4v) is 1.83. The highest BCUT2D eigenvalue weighted by molar-refractivity contribution is 7.80. The molecule has 0 fully saturated rings. The van der Waals surface area contributed by atoms with Gasteiger partial charge in [0, 0.05) is 0 Å². The summed E-state index contributed by atoms with van der Waals surface area (Å²) in [6.45, 7) is 0.501. The van der Waals surface area contributed by atoms with Gasteiger partial charge in [0.25, 0.3) is 0 Å². The summed E-state index contributed by atoms with van der Waals surface area (Å²) >= 11 is 4.94. The highest BCUT2D eigenvalue weighted by Gasteiger charge is 2.06. The van der Waals surface area contributed by atoms with Crippen LogP contribution in [0.25, 0.3) is 0 Å². The van der Waals surface area contributed by atoms with E-state index >= 15 is 0 Å². The molecule has 0 aliphatic carbocycles. The van der Waals surface area contributed by atoms with Crippen molar-refractivity contribution >= 4 is 17.2 Å². The average Bonchev–Trinajstić information content (AvgIpc) is 2.45. The number of hydrogen-bond acceptors (Lipinski definition) is 3. The smallest absolute Gasteiger partial charge is 0.165 e. The molecule has 0 bridgehead atoms. The predicted molar refractivity (Wildman–Crippen MR) is 79.7 cm³/mol. The Kier molecular flexibility index (Phi) is 4.90. The van der Waals surface area contributed by atoms with E-state index < -0.39 is 5.82 Å². The van der Waals surface area contributed by atoms with E-state index in [1.54, 1.807) is 30.3 Å². The molecular formula is C15H14FNO2S. The van der Waals surface area contributed by atoms with Crippen molar-refractivity contribution in [1.29, 1.82) is 0 Å². The first-order valence-corrected chi connectivity index (χ1v) is 6.48. The third-order valence-electron chi connectivity index (χ3n) is 2.59. The summed E-state index contributed by atoms with van der Waals surface area (Å²) in [6.07, 6.45) is 0. The third-order valence-corrected chi connectivity index (χ3v) is 2.81. The van der Waals surface area contributed by atoms with Gasteiger partial charge in [-0.3, -0.25) is 0 Å². The Bertz CT molecular complexity index is 604. The van der Waals surface area contributed by atoms with E-state index in [0.29, 0.717) is 11.3 Å². The minimum absolute atomic E-state index is 0.207. The molecular weight excluding hydrogens is 277 g/mol. The Balaban J connectivity index is 1.88. The molecule has 0 unspecified atom stereocenters. The molecule has 0 radical (unpaired) electrons. The average molecular weight is 291 g/mol. The normalized spacial score (nSPS) is 10.1. The molecule has 104 valence electrons. The summed E-state index contributed by atoms with van der Waals surface area (Å²) in [4.78, 5) is 0.274. The van der Waals surface area contributed by atoms with Gasteiger partial charge in [0.15, 0.2) is 11.6 Å². The molecule has 2 N–H and O–H groups in total. The minimum Gasteiger partial charge on any atom is -0.489 e.